The van der Waals surface area contributed by atoms with Gasteiger partial charge in [-0.3, -0.25) is 0 Å². The highest BCUT2D eigenvalue weighted by atomic mass is 35.5. The van der Waals surface area contributed by atoms with Crippen molar-refractivity contribution >= 4 is 24.8 Å². The largest absolute Gasteiger partial charge is 0.324 e. The summed E-state index contributed by atoms with van der Waals surface area (Å²) < 4.78 is 12.6. The lowest BCUT2D eigenvalue weighted by Crippen LogP contribution is -2.47. The van der Waals surface area contributed by atoms with E-state index in [0.29, 0.717) is 13.0 Å². The summed E-state index contributed by atoms with van der Waals surface area (Å²) in [5, 5.41) is 0. The van der Waals surface area contributed by atoms with Crippen molar-refractivity contribution in [2.24, 2.45) is 5.73 Å². The van der Waals surface area contributed by atoms with Crippen LogP contribution in [-0.4, -0.2) is 37.3 Å². The minimum absolute atomic E-state index is 0. The fourth-order valence-electron chi connectivity index (χ4n) is 1.12. The summed E-state index contributed by atoms with van der Waals surface area (Å²) >= 11 is 0. The van der Waals surface area contributed by atoms with Crippen LogP contribution in [0, 0.1) is 0 Å². The first-order valence-corrected chi connectivity index (χ1v) is 3.28. The van der Waals surface area contributed by atoms with E-state index in [-0.39, 0.29) is 30.9 Å². The van der Waals surface area contributed by atoms with Gasteiger partial charge in [-0.25, -0.2) is 4.39 Å². The van der Waals surface area contributed by atoms with E-state index in [4.69, 9.17) is 5.73 Å². The average molecular weight is 205 g/mol. The van der Waals surface area contributed by atoms with Gasteiger partial charge in [-0.15, -0.1) is 24.8 Å². The molecule has 1 aliphatic heterocycles. The van der Waals surface area contributed by atoms with Crippen molar-refractivity contribution in [2.75, 3.05) is 20.1 Å². The molecule has 0 saturated carbocycles. The molecule has 0 aromatic heterocycles. The predicted molar refractivity (Wildman–Crippen MR) is 49.5 cm³/mol. The van der Waals surface area contributed by atoms with Crippen LogP contribution in [0.1, 0.15) is 6.42 Å². The monoisotopic (exact) mass is 204 g/mol. The number of nitrogens with zero attached hydrogens (tertiary/aromatic N) is 1. The summed E-state index contributed by atoms with van der Waals surface area (Å²) in [6, 6.07) is -0.260. The second-order valence-electron chi connectivity index (χ2n) is 2.73. The Morgan fingerprint density at radius 2 is 2.00 bits per heavy atom. The van der Waals surface area contributed by atoms with Gasteiger partial charge in [0.15, 0.2) is 0 Å². The highest BCUT2D eigenvalue weighted by Crippen LogP contribution is 2.10. The summed E-state index contributed by atoms with van der Waals surface area (Å²) in [5.74, 6) is 0. The van der Waals surface area contributed by atoms with E-state index in [1.54, 1.807) is 0 Å². The highest BCUT2D eigenvalue weighted by Gasteiger charge is 2.23. The Kier molecular flexibility index (Phi) is 7.63. The number of hydrogen-bond donors (Lipinski definition) is 1. The molecule has 1 aliphatic rings. The first-order valence-electron chi connectivity index (χ1n) is 3.28. The van der Waals surface area contributed by atoms with E-state index < -0.39 is 6.17 Å². The number of nitrogens with two attached hydrogens (primary N) is 1. The maximum atomic E-state index is 12.6. The molecule has 0 unspecified atom stereocenters. The predicted octanol–water partition coefficient (Wildman–Crippen LogP) is 0.831. The van der Waals surface area contributed by atoms with Crippen LogP contribution in [0.5, 0.6) is 0 Å². The molecule has 2 nitrogen and oxygen atoms in total. The molecule has 1 heterocycles. The van der Waals surface area contributed by atoms with Gasteiger partial charge in [0.25, 0.3) is 0 Å². The van der Waals surface area contributed by atoms with Crippen LogP contribution < -0.4 is 5.73 Å². The lowest BCUT2D eigenvalue weighted by molar-refractivity contribution is 0.148. The molecule has 0 aromatic carbocycles. The third kappa shape index (κ3) is 4.11. The molecule has 0 spiro atoms. The molecule has 1 saturated heterocycles. The zero-order valence-corrected chi connectivity index (χ0v) is 8.13. The molecule has 1 rings (SSSR count). The van der Waals surface area contributed by atoms with Gasteiger partial charge >= 0.3 is 0 Å². The van der Waals surface area contributed by atoms with E-state index in [0.717, 1.165) is 6.54 Å². The zero-order valence-electron chi connectivity index (χ0n) is 6.50. The molecule has 0 amide bonds. The van der Waals surface area contributed by atoms with Crippen LogP contribution in [0.15, 0.2) is 0 Å². The van der Waals surface area contributed by atoms with Crippen LogP contribution in [0.2, 0.25) is 0 Å². The Balaban J connectivity index is 0. The van der Waals surface area contributed by atoms with E-state index >= 15 is 0 Å². The Bertz CT molecular complexity index is 105. The molecule has 70 valence electrons. The van der Waals surface area contributed by atoms with Crippen molar-refractivity contribution in [3.63, 3.8) is 0 Å². The van der Waals surface area contributed by atoms with Crippen molar-refractivity contribution in [1.82, 2.24) is 4.90 Å². The van der Waals surface area contributed by atoms with Gasteiger partial charge in [-0.2, -0.15) is 0 Å². The first-order chi connectivity index (χ1) is 4.20. The molecule has 0 aromatic rings. The van der Waals surface area contributed by atoms with Crippen LogP contribution in [0.3, 0.4) is 0 Å². The number of likely N-dealkylation sites (tertiary alicyclic amines) is 1. The zero-order chi connectivity index (χ0) is 6.85. The quantitative estimate of drug-likeness (QED) is 0.634. The summed E-state index contributed by atoms with van der Waals surface area (Å²) in [6.07, 6.45) is -0.182. The molecule has 2 atom stereocenters. The second-order valence-corrected chi connectivity index (χ2v) is 2.73. The molecule has 2 N–H and O–H groups in total. The van der Waals surface area contributed by atoms with Gasteiger partial charge in [0.05, 0.1) is 0 Å². The number of likely N-dealkylation sites (N-methyl/N-ethyl adjacent to an activating group) is 1. The van der Waals surface area contributed by atoms with E-state index in [1.807, 2.05) is 7.05 Å². The first kappa shape index (κ1) is 14.0. The highest BCUT2D eigenvalue weighted by molar-refractivity contribution is 5.85. The number of alkyl halides is 1. The van der Waals surface area contributed by atoms with Gasteiger partial charge in [0.2, 0.25) is 0 Å². The molecule has 0 radical (unpaired) electrons. The van der Waals surface area contributed by atoms with Gasteiger partial charge in [-0.1, -0.05) is 0 Å². The number of hydrogen-bond acceptors (Lipinski definition) is 2. The average Bonchev–Trinajstić information content (AvgIpc) is 1.80. The van der Waals surface area contributed by atoms with E-state index in [1.165, 1.54) is 0 Å². The summed E-state index contributed by atoms with van der Waals surface area (Å²) in [7, 11) is 1.96. The lowest BCUT2D eigenvalue weighted by Gasteiger charge is -2.29. The topological polar surface area (TPSA) is 29.3 Å². The Morgan fingerprint density at radius 1 is 1.45 bits per heavy atom. The SMILES string of the molecule is CN1CC[C@H](F)[C@H](N)C1.Cl.Cl. The maximum Gasteiger partial charge on any atom is 0.118 e. The third-order valence-electron chi connectivity index (χ3n) is 1.77. The normalized spacial score (nSPS) is 31.9. The standard InChI is InChI=1S/C6H13FN2.2ClH/c1-9-3-2-5(7)6(8)4-9;;/h5-6H,2-4,8H2,1H3;2*1H/t5-,6+;;/m0../s1. The summed E-state index contributed by atoms with van der Waals surface area (Å²) in [5.41, 5.74) is 5.45. The molecular weight excluding hydrogens is 190 g/mol. The van der Waals surface area contributed by atoms with Crippen molar-refractivity contribution in [3.8, 4) is 0 Å². The van der Waals surface area contributed by atoms with Gasteiger partial charge in [0, 0.05) is 19.1 Å². The molecule has 0 bridgehead atoms. The molecular formula is C6H15Cl2FN2. The van der Waals surface area contributed by atoms with Gasteiger partial charge in [-0.05, 0) is 13.5 Å². The van der Waals surface area contributed by atoms with Crippen molar-refractivity contribution in [3.05, 3.63) is 0 Å². The van der Waals surface area contributed by atoms with Crippen LogP contribution in [0.4, 0.5) is 4.39 Å². The van der Waals surface area contributed by atoms with Crippen LogP contribution >= 0.6 is 24.8 Å². The molecule has 0 aliphatic carbocycles. The van der Waals surface area contributed by atoms with Gasteiger partial charge < -0.3 is 10.6 Å². The number of halogens is 3. The van der Waals surface area contributed by atoms with Crippen molar-refractivity contribution < 1.29 is 4.39 Å². The molecule has 5 heteroatoms. The van der Waals surface area contributed by atoms with E-state index in [9.17, 15) is 4.39 Å². The van der Waals surface area contributed by atoms with Crippen molar-refractivity contribution in [1.29, 1.82) is 0 Å². The smallest absolute Gasteiger partial charge is 0.118 e. The second kappa shape index (κ2) is 6.00. The third-order valence-corrected chi connectivity index (χ3v) is 1.77. The van der Waals surface area contributed by atoms with Crippen LogP contribution in [0.25, 0.3) is 0 Å². The molecule has 1 fully saturated rings. The summed E-state index contributed by atoms with van der Waals surface area (Å²) in [4.78, 5) is 2.06. The maximum absolute atomic E-state index is 12.6. The minimum atomic E-state index is -0.777. The molecule has 11 heavy (non-hydrogen) atoms. The van der Waals surface area contributed by atoms with Crippen LogP contribution in [-0.2, 0) is 0 Å². The van der Waals surface area contributed by atoms with E-state index in [2.05, 4.69) is 4.90 Å². The lowest BCUT2D eigenvalue weighted by atomic mass is 10.1. The Morgan fingerprint density at radius 3 is 2.36 bits per heavy atom. The fourth-order valence-corrected chi connectivity index (χ4v) is 1.12. The van der Waals surface area contributed by atoms with Gasteiger partial charge in [0.1, 0.15) is 6.17 Å². The summed E-state index contributed by atoms with van der Waals surface area (Å²) in [6.45, 7) is 1.54. The Labute approximate surface area is 79.1 Å². The van der Waals surface area contributed by atoms with Crippen molar-refractivity contribution in [2.45, 2.75) is 18.6 Å². The minimum Gasteiger partial charge on any atom is -0.324 e. The Hall–Kier alpha value is 0.430. The number of rotatable bonds is 0. The fraction of sp³-hybridized carbons (Fsp3) is 1.00. The number of piperidine rings is 1.